The van der Waals surface area contributed by atoms with Crippen LogP contribution in [0.1, 0.15) is 37.6 Å². The standard InChI is InChI=1S/C18H25NO6S/c1-4-23-13-9-12(10-14(24-5-2)15(13)25-6-3)16(20)19-18(17(21)22)7-8-26-11-18/h9-10H,4-8,11H2,1-3H3,(H,19,20)(H,21,22). The number of hydrogen-bond donors (Lipinski definition) is 2. The largest absolute Gasteiger partial charge is 0.490 e. The van der Waals surface area contributed by atoms with Crippen LogP contribution >= 0.6 is 11.8 Å². The van der Waals surface area contributed by atoms with E-state index in [0.29, 0.717) is 55.0 Å². The van der Waals surface area contributed by atoms with Gasteiger partial charge in [-0.1, -0.05) is 0 Å². The number of carbonyl (C=O) groups is 2. The van der Waals surface area contributed by atoms with Crippen molar-refractivity contribution in [3.63, 3.8) is 0 Å². The molecule has 1 heterocycles. The van der Waals surface area contributed by atoms with E-state index in [0.717, 1.165) is 0 Å². The van der Waals surface area contributed by atoms with Crippen LogP contribution < -0.4 is 19.5 Å². The number of carboxylic acid groups (broad SMARTS) is 1. The normalized spacial score (nSPS) is 19.0. The molecule has 0 bridgehead atoms. The highest BCUT2D eigenvalue weighted by Crippen LogP contribution is 2.39. The average molecular weight is 383 g/mol. The molecule has 2 rings (SSSR count). The van der Waals surface area contributed by atoms with E-state index in [1.165, 1.54) is 11.8 Å². The third-order valence-electron chi connectivity index (χ3n) is 3.96. The first-order valence-corrected chi connectivity index (χ1v) is 9.83. The van der Waals surface area contributed by atoms with Crippen molar-refractivity contribution in [2.75, 3.05) is 31.3 Å². The summed E-state index contributed by atoms with van der Waals surface area (Å²) in [6.07, 6.45) is 0.395. The molecule has 144 valence electrons. The van der Waals surface area contributed by atoms with Crippen LogP contribution in [-0.4, -0.2) is 53.8 Å². The quantitative estimate of drug-likeness (QED) is 0.677. The Morgan fingerprint density at radius 2 is 1.69 bits per heavy atom. The Morgan fingerprint density at radius 1 is 1.12 bits per heavy atom. The summed E-state index contributed by atoms with van der Waals surface area (Å²) in [6, 6.07) is 3.12. The maximum atomic E-state index is 12.8. The van der Waals surface area contributed by atoms with Crippen molar-refractivity contribution in [3.8, 4) is 17.2 Å². The van der Waals surface area contributed by atoms with Gasteiger partial charge in [-0.25, -0.2) is 4.79 Å². The maximum absolute atomic E-state index is 12.8. The lowest BCUT2D eigenvalue weighted by Crippen LogP contribution is -2.54. The summed E-state index contributed by atoms with van der Waals surface area (Å²) in [5.41, 5.74) is -0.962. The summed E-state index contributed by atoms with van der Waals surface area (Å²) in [6.45, 7) is 6.72. The summed E-state index contributed by atoms with van der Waals surface area (Å²) in [5, 5.41) is 12.2. The third kappa shape index (κ3) is 4.35. The van der Waals surface area contributed by atoms with Crippen LogP contribution in [0.2, 0.25) is 0 Å². The van der Waals surface area contributed by atoms with Gasteiger partial charge >= 0.3 is 5.97 Å². The molecule has 0 radical (unpaired) electrons. The minimum Gasteiger partial charge on any atom is -0.490 e. The molecule has 8 heteroatoms. The molecule has 0 saturated carbocycles. The fourth-order valence-electron chi connectivity index (χ4n) is 2.69. The van der Waals surface area contributed by atoms with Gasteiger partial charge in [0.25, 0.3) is 5.91 Å². The molecule has 7 nitrogen and oxygen atoms in total. The molecule has 1 aromatic rings. The lowest BCUT2D eigenvalue weighted by atomic mass is 9.98. The maximum Gasteiger partial charge on any atom is 0.330 e. The molecule has 1 fully saturated rings. The Bertz CT molecular complexity index is 630. The number of aliphatic carboxylic acids is 1. The predicted octanol–water partition coefficient (Wildman–Crippen LogP) is 2.57. The van der Waals surface area contributed by atoms with Crippen molar-refractivity contribution in [1.82, 2.24) is 5.32 Å². The van der Waals surface area contributed by atoms with Crippen molar-refractivity contribution >= 4 is 23.6 Å². The summed E-state index contributed by atoms with van der Waals surface area (Å²) >= 11 is 1.51. The number of benzene rings is 1. The number of carbonyl (C=O) groups excluding carboxylic acids is 1. The van der Waals surface area contributed by atoms with Crippen LogP contribution in [0.25, 0.3) is 0 Å². The van der Waals surface area contributed by atoms with Gasteiger partial charge in [0.1, 0.15) is 5.54 Å². The summed E-state index contributed by atoms with van der Waals surface area (Å²) < 4.78 is 16.8. The van der Waals surface area contributed by atoms with Gasteiger partial charge < -0.3 is 24.6 Å². The summed E-state index contributed by atoms with van der Waals surface area (Å²) in [7, 11) is 0. The first-order valence-electron chi connectivity index (χ1n) is 8.67. The first kappa shape index (κ1) is 20.2. The molecule has 1 aromatic carbocycles. The van der Waals surface area contributed by atoms with Crippen molar-refractivity contribution in [2.24, 2.45) is 0 Å². The average Bonchev–Trinajstić information content (AvgIpc) is 3.07. The fourth-order valence-corrected chi connectivity index (χ4v) is 4.02. The molecule has 26 heavy (non-hydrogen) atoms. The highest BCUT2D eigenvalue weighted by atomic mass is 32.2. The second-order valence-electron chi connectivity index (χ2n) is 5.74. The van der Waals surface area contributed by atoms with E-state index in [-0.39, 0.29) is 5.56 Å². The molecule has 1 saturated heterocycles. The van der Waals surface area contributed by atoms with Gasteiger partial charge in [0.2, 0.25) is 5.75 Å². The Morgan fingerprint density at radius 3 is 2.12 bits per heavy atom. The van der Waals surface area contributed by atoms with E-state index >= 15 is 0 Å². The fraction of sp³-hybridized carbons (Fsp3) is 0.556. The Hall–Kier alpha value is -2.09. The number of thioether (sulfide) groups is 1. The van der Waals surface area contributed by atoms with Gasteiger partial charge in [-0.15, -0.1) is 0 Å². The molecule has 1 aliphatic heterocycles. The van der Waals surface area contributed by atoms with Crippen LogP contribution in [0.5, 0.6) is 17.2 Å². The zero-order valence-electron chi connectivity index (χ0n) is 15.3. The van der Waals surface area contributed by atoms with Crippen molar-refractivity contribution < 1.29 is 28.9 Å². The van der Waals surface area contributed by atoms with Crippen LogP contribution in [0.3, 0.4) is 0 Å². The molecule has 0 aliphatic carbocycles. The minimum absolute atomic E-state index is 0.276. The second kappa shape index (κ2) is 9.02. The van der Waals surface area contributed by atoms with Gasteiger partial charge in [0.05, 0.1) is 19.8 Å². The van der Waals surface area contributed by atoms with Crippen LogP contribution in [0.15, 0.2) is 12.1 Å². The zero-order chi connectivity index (χ0) is 19.2. The van der Waals surface area contributed by atoms with Crippen LogP contribution in [0, 0.1) is 0 Å². The highest BCUT2D eigenvalue weighted by molar-refractivity contribution is 7.99. The van der Waals surface area contributed by atoms with Crippen molar-refractivity contribution in [2.45, 2.75) is 32.7 Å². The number of rotatable bonds is 9. The summed E-state index contributed by atoms with van der Waals surface area (Å²) in [5.74, 6) is 0.798. The molecule has 1 unspecified atom stereocenters. The highest BCUT2D eigenvalue weighted by Gasteiger charge is 2.43. The van der Waals surface area contributed by atoms with Gasteiger partial charge in [0.15, 0.2) is 11.5 Å². The molecule has 0 aromatic heterocycles. The lowest BCUT2D eigenvalue weighted by molar-refractivity contribution is -0.143. The smallest absolute Gasteiger partial charge is 0.330 e. The van der Waals surface area contributed by atoms with E-state index in [4.69, 9.17) is 14.2 Å². The summed E-state index contributed by atoms with van der Waals surface area (Å²) in [4.78, 5) is 24.4. The molecule has 0 spiro atoms. The molecular formula is C18H25NO6S. The van der Waals surface area contributed by atoms with Crippen LogP contribution in [-0.2, 0) is 4.79 Å². The van der Waals surface area contributed by atoms with Gasteiger partial charge in [-0.3, -0.25) is 4.79 Å². The van der Waals surface area contributed by atoms with E-state index < -0.39 is 17.4 Å². The SMILES string of the molecule is CCOc1cc(C(=O)NC2(C(=O)O)CCSC2)cc(OCC)c1OCC. The second-order valence-corrected chi connectivity index (χ2v) is 6.85. The molecule has 1 amide bonds. The Kier molecular flexibility index (Phi) is 7.02. The number of carboxylic acids is 1. The monoisotopic (exact) mass is 383 g/mol. The lowest BCUT2D eigenvalue weighted by Gasteiger charge is -2.25. The molecule has 2 N–H and O–H groups in total. The predicted molar refractivity (Wildman–Crippen MR) is 99.7 cm³/mol. The molecular weight excluding hydrogens is 358 g/mol. The number of amides is 1. The first-order chi connectivity index (χ1) is 12.5. The van der Waals surface area contributed by atoms with Gasteiger partial charge in [0, 0.05) is 11.3 Å². The van der Waals surface area contributed by atoms with Crippen LogP contribution in [0.4, 0.5) is 0 Å². The molecule has 1 aliphatic rings. The number of hydrogen-bond acceptors (Lipinski definition) is 6. The topological polar surface area (TPSA) is 94.1 Å². The number of ether oxygens (including phenoxy) is 3. The molecule has 1 atom stereocenters. The van der Waals surface area contributed by atoms with E-state index in [1.807, 2.05) is 20.8 Å². The van der Waals surface area contributed by atoms with Gasteiger partial charge in [-0.05, 0) is 45.1 Å². The zero-order valence-corrected chi connectivity index (χ0v) is 16.1. The van der Waals surface area contributed by atoms with Crippen molar-refractivity contribution in [1.29, 1.82) is 0 Å². The Labute approximate surface area is 157 Å². The van der Waals surface area contributed by atoms with E-state index in [2.05, 4.69) is 5.32 Å². The Balaban J connectivity index is 2.37. The number of nitrogens with one attached hydrogen (secondary N) is 1. The third-order valence-corrected chi connectivity index (χ3v) is 5.14. The minimum atomic E-state index is -1.24. The van der Waals surface area contributed by atoms with E-state index in [1.54, 1.807) is 12.1 Å². The van der Waals surface area contributed by atoms with E-state index in [9.17, 15) is 14.7 Å². The van der Waals surface area contributed by atoms with Crippen molar-refractivity contribution in [3.05, 3.63) is 17.7 Å². The van der Waals surface area contributed by atoms with Gasteiger partial charge in [-0.2, -0.15) is 11.8 Å².